The first-order chi connectivity index (χ1) is 22.5. The third-order valence-corrected chi connectivity index (χ3v) is 10.4. The Kier molecular flexibility index (Phi) is 22.5. The average molecular weight is 772 g/mol. The molecule has 0 spiro atoms. The summed E-state index contributed by atoms with van der Waals surface area (Å²) in [5.74, 6) is -5.71. The van der Waals surface area contributed by atoms with Crippen LogP contribution in [0.5, 0.6) is 0 Å². The predicted octanol–water partition coefficient (Wildman–Crippen LogP) is 5.86. The number of carboxylic acid groups (broad SMARTS) is 4. The summed E-state index contributed by atoms with van der Waals surface area (Å²) in [5.41, 5.74) is 0. The van der Waals surface area contributed by atoms with Crippen LogP contribution in [-0.2, 0) is 64.6 Å². The Morgan fingerprint density at radius 1 is 0.306 bits per heavy atom. The number of aliphatic carboxylic acids is 4. The summed E-state index contributed by atoms with van der Waals surface area (Å²) in [5, 5.41) is 35.2. The number of rotatable bonds is 8. The van der Waals surface area contributed by atoms with E-state index in [1.54, 1.807) is 0 Å². The van der Waals surface area contributed by atoms with Crippen molar-refractivity contribution in [3.05, 3.63) is 0 Å². The number of hydrogen-bond donors (Lipinski definition) is 4. The summed E-state index contributed by atoms with van der Waals surface area (Å²) >= 11 is 0. The van der Waals surface area contributed by atoms with Crippen molar-refractivity contribution in [2.45, 2.75) is 130 Å². The molecule has 0 saturated heterocycles. The second-order valence-electron chi connectivity index (χ2n) is 13.8. The van der Waals surface area contributed by atoms with Gasteiger partial charge in [0.15, 0.2) is 0 Å². The molecule has 4 N–H and O–H groups in total. The van der Waals surface area contributed by atoms with Crippen molar-refractivity contribution in [3.63, 3.8) is 0 Å². The Balaban J connectivity index is 0.000000623. The number of carboxylic acids is 4. The van der Waals surface area contributed by atoms with Crippen LogP contribution in [0.3, 0.4) is 0 Å². The van der Waals surface area contributed by atoms with Gasteiger partial charge in [0.2, 0.25) is 0 Å². The van der Waals surface area contributed by atoms with Crippen LogP contribution in [0.1, 0.15) is 130 Å². The number of ketones is 4. The number of Topliss-reactive ketones (excluding diaryl/α,β-unsaturated/α-hetero) is 4. The first-order valence-corrected chi connectivity index (χ1v) is 17.4. The van der Waals surface area contributed by atoms with Gasteiger partial charge in [0.1, 0.15) is 23.1 Å². The van der Waals surface area contributed by atoms with Crippen LogP contribution in [0.25, 0.3) is 0 Å². The standard InChI is InChI=1S/4C9H14O3.Zr/c4*1-6(10)7-4-2-3-5-8(7)9(11)12;/h4*7-8H,2-5H2,1H3,(H,11,12);. The molecule has 0 bridgehead atoms. The van der Waals surface area contributed by atoms with Gasteiger partial charge in [0, 0.05) is 49.9 Å². The summed E-state index contributed by atoms with van der Waals surface area (Å²) in [4.78, 5) is 87.1. The maximum absolute atomic E-state index is 11.1. The molecule has 4 rings (SSSR count). The Morgan fingerprint density at radius 2 is 0.429 bits per heavy atom. The Labute approximate surface area is 308 Å². The van der Waals surface area contributed by atoms with E-state index in [1.165, 1.54) is 27.7 Å². The van der Waals surface area contributed by atoms with Gasteiger partial charge in [-0.15, -0.1) is 0 Å². The SMILES string of the molecule is CC(=O)C1CCCCC1C(=O)O.CC(=O)C1CCCCC1C(=O)O.CC(=O)C1CCCCC1C(=O)O.CC(=O)C1CCCCC1C(=O)O.[Zr]. The molecule has 0 heterocycles. The van der Waals surface area contributed by atoms with Crippen molar-refractivity contribution in [1.82, 2.24) is 0 Å². The maximum Gasteiger partial charge on any atom is 0.307 e. The zero-order chi connectivity index (χ0) is 36.6. The molecular formula is C36H56O12Zr. The molecule has 0 aliphatic heterocycles. The van der Waals surface area contributed by atoms with Crippen LogP contribution in [-0.4, -0.2) is 67.4 Å². The van der Waals surface area contributed by atoms with Gasteiger partial charge in [0.05, 0.1) is 23.7 Å². The minimum atomic E-state index is -0.810. The fourth-order valence-corrected chi connectivity index (χ4v) is 7.65. The van der Waals surface area contributed by atoms with E-state index in [9.17, 15) is 38.4 Å². The number of carbonyl (C=O) groups is 8. The minimum absolute atomic E-state index is 0. The Morgan fingerprint density at radius 3 is 0.510 bits per heavy atom. The summed E-state index contributed by atoms with van der Waals surface area (Å²) in [6, 6.07) is 0. The van der Waals surface area contributed by atoms with Crippen molar-refractivity contribution in [2.24, 2.45) is 47.3 Å². The second-order valence-corrected chi connectivity index (χ2v) is 13.8. The van der Waals surface area contributed by atoms with Crippen molar-refractivity contribution in [1.29, 1.82) is 0 Å². The van der Waals surface area contributed by atoms with Gasteiger partial charge in [-0.05, 0) is 79.1 Å². The number of hydrogen-bond acceptors (Lipinski definition) is 8. The second kappa shape index (κ2) is 23.8. The third kappa shape index (κ3) is 15.9. The molecule has 13 heteroatoms. The fourth-order valence-electron chi connectivity index (χ4n) is 7.65. The predicted molar refractivity (Wildman–Crippen MR) is 175 cm³/mol. The molecule has 0 aromatic heterocycles. The Bertz CT molecular complexity index is 887. The van der Waals surface area contributed by atoms with Crippen LogP contribution in [0, 0.1) is 47.3 Å². The first kappa shape index (κ1) is 46.4. The van der Waals surface area contributed by atoms with Crippen molar-refractivity contribution in [2.75, 3.05) is 0 Å². The van der Waals surface area contributed by atoms with E-state index in [-0.39, 0.29) is 73.0 Å². The van der Waals surface area contributed by atoms with E-state index < -0.39 is 47.5 Å². The molecule has 49 heavy (non-hydrogen) atoms. The molecular weight excluding hydrogens is 716 g/mol. The van der Waals surface area contributed by atoms with Gasteiger partial charge in [-0.25, -0.2) is 0 Å². The van der Waals surface area contributed by atoms with E-state index in [4.69, 9.17) is 20.4 Å². The summed E-state index contributed by atoms with van der Waals surface area (Å²) in [6.45, 7) is 5.97. The van der Waals surface area contributed by atoms with Gasteiger partial charge >= 0.3 is 23.9 Å². The molecule has 8 unspecified atom stereocenters. The molecule has 4 fully saturated rings. The first-order valence-electron chi connectivity index (χ1n) is 17.4. The molecule has 12 nitrogen and oxygen atoms in total. The zero-order valence-corrected chi connectivity index (χ0v) is 31.9. The molecule has 0 amide bonds. The van der Waals surface area contributed by atoms with Crippen LogP contribution < -0.4 is 0 Å². The van der Waals surface area contributed by atoms with Gasteiger partial charge in [0.25, 0.3) is 0 Å². The molecule has 4 aliphatic rings. The third-order valence-electron chi connectivity index (χ3n) is 10.4. The van der Waals surface area contributed by atoms with Gasteiger partial charge < -0.3 is 20.4 Å². The van der Waals surface area contributed by atoms with Crippen molar-refractivity contribution in [3.8, 4) is 0 Å². The number of carbonyl (C=O) groups excluding carboxylic acids is 4. The quantitative estimate of drug-likeness (QED) is 0.228. The minimum Gasteiger partial charge on any atom is -0.481 e. The normalized spacial score (nSPS) is 29.1. The largest absolute Gasteiger partial charge is 0.481 e. The van der Waals surface area contributed by atoms with Crippen molar-refractivity contribution < 1.29 is 85.0 Å². The summed E-state index contributed by atoms with van der Waals surface area (Å²) in [6.07, 6.45) is 13.4. The van der Waals surface area contributed by atoms with Gasteiger partial charge in [-0.3, -0.25) is 38.4 Å². The molecule has 0 radical (unpaired) electrons. The smallest absolute Gasteiger partial charge is 0.307 e. The van der Waals surface area contributed by atoms with Crippen molar-refractivity contribution >= 4 is 47.0 Å². The zero-order valence-electron chi connectivity index (χ0n) is 29.5. The van der Waals surface area contributed by atoms with E-state index in [1.807, 2.05) is 0 Å². The summed E-state index contributed by atoms with van der Waals surface area (Å²) in [7, 11) is 0. The van der Waals surface area contributed by atoms with Crippen LogP contribution in [0.4, 0.5) is 0 Å². The monoisotopic (exact) mass is 770 g/mol. The topological polar surface area (TPSA) is 217 Å². The van der Waals surface area contributed by atoms with E-state index in [2.05, 4.69) is 0 Å². The average Bonchev–Trinajstić information content (AvgIpc) is 3.05. The van der Waals surface area contributed by atoms with E-state index in [0.717, 1.165) is 77.0 Å². The van der Waals surface area contributed by atoms with Gasteiger partial charge in [-0.1, -0.05) is 51.4 Å². The van der Waals surface area contributed by atoms with E-state index in [0.29, 0.717) is 25.7 Å². The van der Waals surface area contributed by atoms with Gasteiger partial charge in [-0.2, -0.15) is 0 Å². The van der Waals surface area contributed by atoms with Crippen LogP contribution in [0.15, 0.2) is 0 Å². The maximum atomic E-state index is 11.1. The van der Waals surface area contributed by atoms with Crippen LogP contribution >= 0.6 is 0 Å². The summed E-state index contributed by atoms with van der Waals surface area (Å²) < 4.78 is 0. The van der Waals surface area contributed by atoms with Crippen LogP contribution in [0.2, 0.25) is 0 Å². The fraction of sp³-hybridized carbons (Fsp3) is 0.778. The van der Waals surface area contributed by atoms with E-state index >= 15 is 0 Å². The molecule has 0 aromatic carbocycles. The molecule has 0 aromatic rings. The molecule has 8 atom stereocenters. The molecule has 4 saturated carbocycles. The molecule has 276 valence electrons. The Hall–Kier alpha value is -2.56. The molecule has 4 aliphatic carbocycles.